The van der Waals surface area contributed by atoms with E-state index in [9.17, 15) is 14.4 Å². The van der Waals surface area contributed by atoms with Gasteiger partial charge < -0.3 is 26.2 Å². The summed E-state index contributed by atoms with van der Waals surface area (Å²) in [5.41, 5.74) is 11.2. The number of nitrogen functional groups attached to an aromatic ring is 1. The van der Waals surface area contributed by atoms with Crippen molar-refractivity contribution in [1.29, 1.82) is 0 Å². The fourth-order valence-electron chi connectivity index (χ4n) is 6.17. The van der Waals surface area contributed by atoms with Crippen LogP contribution >= 0.6 is 11.3 Å². The topological polar surface area (TPSA) is 150 Å². The van der Waals surface area contributed by atoms with Gasteiger partial charge in [-0.15, -0.1) is 16.4 Å². The van der Waals surface area contributed by atoms with Crippen molar-refractivity contribution in [3.05, 3.63) is 53.3 Å². The predicted octanol–water partition coefficient (Wildman–Crippen LogP) is 3.01. The van der Waals surface area contributed by atoms with E-state index in [2.05, 4.69) is 47.7 Å². The van der Waals surface area contributed by atoms with Crippen molar-refractivity contribution >= 4 is 40.6 Å². The summed E-state index contributed by atoms with van der Waals surface area (Å²) in [6, 6.07) is 8.41. The van der Waals surface area contributed by atoms with Gasteiger partial charge >= 0.3 is 0 Å². The first-order valence-corrected chi connectivity index (χ1v) is 16.8. The zero-order valence-corrected chi connectivity index (χ0v) is 28.1. The van der Waals surface area contributed by atoms with Crippen LogP contribution in [-0.2, 0) is 14.4 Å². The third-order valence-corrected chi connectivity index (χ3v) is 9.82. The second kappa shape index (κ2) is 14.1. The molecule has 2 fully saturated rings. The van der Waals surface area contributed by atoms with Gasteiger partial charge in [0, 0.05) is 32.7 Å². The maximum atomic E-state index is 14.0. The molecule has 246 valence electrons. The predicted molar refractivity (Wildman–Crippen MR) is 180 cm³/mol. The lowest BCUT2D eigenvalue weighted by molar-refractivity contribution is -0.144. The highest BCUT2D eigenvalue weighted by Crippen LogP contribution is 2.29. The Balaban J connectivity index is 1.17. The molecule has 0 aliphatic carbocycles. The summed E-state index contributed by atoms with van der Waals surface area (Å²) in [5.74, 6) is -0.221. The number of carbonyl (C=O) groups is 3. The van der Waals surface area contributed by atoms with Crippen LogP contribution in [0.2, 0.25) is 0 Å². The lowest BCUT2D eigenvalue weighted by atomic mass is 9.85. The molecule has 0 saturated carbocycles. The number of likely N-dealkylation sites (tertiary alicyclic amines) is 1. The van der Waals surface area contributed by atoms with Crippen LogP contribution in [0.5, 0.6) is 0 Å². The standard InChI is InChI=1S/C33H45N9O3S/c1-21(23-8-10-24(11-9-23)28-22(2)35-20-46-28)37-31(44)26-7-6-14-42(26)32(45)29(33(3,4)5)38-27(43)19-40-15-17-41(18-16-40)25-12-13-36-39-30(25)34/h8-13,20-21,26,29H,6-7,14-19H2,1-5H3,(H2,34,39)(H,37,44)(H,38,43)/t21-,26-,29+/m0/s1. The monoisotopic (exact) mass is 647 g/mol. The molecule has 3 aromatic rings. The third kappa shape index (κ3) is 7.64. The van der Waals surface area contributed by atoms with Crippen molar-refractivity contribution < 1.29 is 14.4 Å². The molecule has 2 aliphatic rings. The highest BCUT2D eigenvalue weighted by atomic mass is 32.1. The van der Waals surface area contributed by atoms with Crippen LogP contribution in [0.15, 0.2) is 42.0 Å². The Morgan fingerprint density at radius 3 is 2.39 bits per heavy atom. The molecule has 4 N–H and O–H groups in total. The zero-order chi connectivity index (χ0) is 33.0. The van der Waals surface area contributed by atoms with Gasteiger partial charge in [0.25, 0.3) is 0 Å². The normalized spacial score (nSPS) is 18.7. The maximum Gasteiger partial charge on any atom is 0.246 e. The van der Waals surface area contributed by atoms with Gasteiger partial charge in [0.1, 0.15) is 12.1 Å². The Morgan fingerprint density at radius 2 is 1.76 bits per heavy atom. The first-order chi connectivity index (χ1) is 21.9. The number of nitrogens with zero attached hydrogens (tertiary/aromatic N) is 6. The molecule has 0 radical (unpaired) electrons. The smallest absolute Gasteiger partial charge is 0.246 e. The fraction of sp³-hybridized carbons (Fsp3) is 0.515. The number of nitrogens with one attached hydrogen (secondary N) is 2. The molecule has 2 saturated heterocycles. The molecule has 3 atom stereocenters. The van der Waals surface area contributed by atoms with Gasteiger partial charge in [-0.1, -0.05) is 45.0 Å². The van der Waals surface area contributed by atoms with Gasteiger partial charge in [-0.05, 0) is 49.3 Å². The Hall–Kier alpha value is -4.10. The number of hydrogen-bond acceptors (Lipinski definition) is 10. The molecule has 0 spiro atoms. The largest absolute Gasteiger partial charge is 0.380 e. The second-order valence-electron chi connectivity index (χ2n) is 13.2. The van der Waals surface area contributed by atoms with Gasteiger partial charge in [0.15, 0.2) is 5.82 Å². The average molecular weight is 648 g/mol. The third-order valence-electron chi connectivity index (χ3n) is 8.84. The molecule has 3 amide bonds. The molecule has 1 aromatic carbocycles. The number of nitrogens with two attached hydrogens (primary N) is 1. The minimum absolute atomic E-state index is 0.178. The number of rotatable bonds is 9. The van der Waals surface area contributed by atoms with Crippen molar-refractivity contribution in [2.45, 2.75) is 65.6 Å². The van der Waals surface area contributed by atoms with Crippen molar-refractivity contribution in [3.63, 3.8) is 0 Å². The Kier molecular flexibility index (Phi) is 10.2. The van der Waals surface area contributed by atoms with Crippen LogP contribution in [0.1, 0.15) is 57.8 Å². The quantitative estimate of drug-likeness (QED) is 0.319. The number of aromatic nitrogens is 3. The van der Waals surface area contributed by atoms with E-state index in [0.29, 0.717) is 45.0 Å². The molecule has 2 aromatic heterocycles. The fourth-order valence-corrected chi connectivity index (χ4v) is 6.98. The number of thiazole rings is 1. The summed E-state index contributed by atoms with van der Waals surface area (Å²) in [7, 11) is 0. The van der Waals surface area contributed by atoms with E-state index >= 15 is 0 Å². The molecule has 5 rings (SSSR count). The van der Waals surface area contributed by atoms with Gasteiger partial charge in [-0.25, -0.2) is 4.98 Å². The van der Waals surface area contributed by atoms with Crippen LogP contribution in [0.25, 0.3) is 10.4 Å². The highest BCUT2D eigenvalue weighted by Gasteiger charge is 2.42. The molecular formula is C33H45N9O3S. The summed E-state index contributed by atoms with van der Waals surface area (Å²) >= 11 is 1.61. The number of aryl methyl sites for hydroxylation is 1. The molecule has 4 heterocycles. The molecule has 2 aliphatic heterocycles. The number of amides is 3. The van der Waals surface area contributed by atoms with Crippen LogP contribution in [0.4, 0.5) is 11.5 Å². The van der Waals surface area contributed by atoms with Crippen LogP contribution in [-0.4, -0.2) is 94.1 Å². The van der Waals surface area contributed by atoms with E-state index in [1.165, 1.54) is 0 Å². The van der Waals surface area contributed by atoms with Crippen molar-refractivity contribution in [3.8, 4) is 10.4 Å². The van der Waals surface area contributed by atoms with Crippen LogP contribution in [0.3, 0.4) is 0 Å². The minimum Gasteiger partial charge on any atom is -0.380 e. The van der Waals surface area contributed by atoms with E-state index in [0.717, 1.165) is 33.8 Å². The molecule has 0 bridgehead atoms. The van der Waals surface area contributed by atoms with Gasteiger partial charge in [-0.3, -0.25) is 19.3 Å². The highest BCUT2D eigenvalue weighted by molar-refractivity contribution is 7.13. The van der Waals surface area contributed by atoms with E-state index in [4.69, 9.17) is 5.73 Å². The minimum atomic E-state index is -0.766. The van der Waals surface area contributed by atoms with Gasteiger partial charge in [-0.2, -0.15) is 5.10 Å². The first kappa shape index (κ1) is 33.3. The van der Waals surface area contributed by atoms with E-state index < -0.39 is 17.5 Å². The van der Waals surface area contributed by atoms with Crippen LogP contribution < -0.4 is 21.3 Å². The Labute approximate surface area is 274 Å². The number of benzene rings is 1. The summed E-state index contributed by atoms with van der Waals surface area (Å²) in [5, 5.41) is 13.9. The lowest BCUT2D eigenvalue weighted by Gasteiger charge is -2.37. The SMILES string of the molecule is Cc1ncsc1-c1ccc([C@H](C)NC(=O)[C@@H]2CCCN2C(=O)[C@@H](NC(=O)CN2CCN(c3ccnnc3N)CC2)C(C)(C)C)cc1. The summed E-state index contributed by atoms with van der Waals surface area (Å²) in [6.07, 6.45) is 2.93. The first-order valence-electron chi connectivity index (χ1n) is 15.9. The maximum absolute atomic E-state index is 14.0. The lowest BCUT2D eigenvalue weighted by Crippen LogP contribution is -2.59. The number of anilines is 2. The summed E-state index contributed by atoms with van der Waals surface area (Å²) in [6.45, 7) is 13.2. The van der Waals surface area contributed by atoms with Crippen molar-refractivity contribution in [1.82, 2.24) is 35.6 Å². The zero-order valence-electron chi connectivity index (χ0n) is 27.3. The van der Waals surface area contributed by atoms with E-state index in [-0.39, 0.29) is 30.3 Å². The Morgan fingerprint density at radius 1 is 1.04 bits per heavy atom. The Bertz CT molecular complexity index is 1530. The molecule has 46 heavy (non-hydrogen) atoms. The van der Waals surface area contributed by atoms with E-state index in [1.807, 2.05) is 58.3 Å². The molecule has 13 heteroatoms. The van der Waals surface area contributed by atoms with Gasteiger partial charge in [0.2, 0.25) is 17.7 Å². The second-order valence-corrected chi connectivity index (χ2v) is 14.1. The summed E-state index contributed by atoms with van der Waals surface area (Å²) < 4.78 is 0. The molecule has 0 unspecified atom stereocenters. The van der Waals surface area contributed by atoms with Crippen LogP contribution in [0, 0.1) is 12.3 Å². The number of piperazine rings is 1. The molecular weight excluding hydrogens is 602 g/mol. The van der Waals surface area contributed by atoms with Crippen molar-refractivity contribution in [2.75, 3.05) is 49.9 Å². The van der Waals surface area contributed by atoms with E-state index in [1.54, 1.807) is 22.4 Å². The van der Waals surface area contributed by atoms with Crippen molar-refractivity contribution in [2.24, 2.45) is 5.41 Å². The van der Waals surface area contributed by atoms with Gasteiger partial charge in [0.05, 0.1) is 40.6 Å². The number of carbonyl (C=O) groups excluding carboxylic acids is 3. The number of hydrogen-bond donors (Lipinski definition) is 3. The average Bonchev–Trinajstić information content (AvgIpc) is 3.69. The molecule has 12 nitrogen and oxygen atoms in total. The summed E-state index contributed by atoms with van der Waals surface area (Å²) in [4.78, 5) is 52.1.